The van der Waals surface area contributed by atoms with E-state index < -0.39 is 16.9 Å². The topological polar surface area (TPSA) is 117 Å². The average molecular weight is 574 g/mol. The van der Waals surface area contributed by atoms with Gasteiger partial charge < -0.3 is 9.15 Å². The Hall–Kier alpha value is -4.48. The molecule has 0 saturated heterocycles. The van der Waals surface area contributed by atoms with Gasteiger partial charge in [0.05, 0.1) is 26.8 Å². The molecule has 5 rings (SSSR count). The summed E-state index contributed by atoms with van der Waals surface area (Å²) in [5.74, 6) is 0.258. The van der Waals surface area contributed by atoms with Crippen LogP contribution < -0.4 is 14.9 Å². The number of hydrogen-bond acceptors (Lipinski definition) is 9. The van der Waals surface area contributed by atoms with Gasteiger partial charge in [-0.3, -0.25) is 19.5 Å². The van der Waals surface area contributed by atoms with Crippen LogP contribution in [0.3, 0.4) is 0 Å². The predicted octanol–water partition coefficient (Wildman–Crippen LogP) is 4.85. The highest BCUT2D eigenvalue weighted by Gasteiger charge is 2.33. The number of nitro benzene ring substituents is 1. The Morgan fingerprint density at radius 3 is 2.73 bits per heavy atom. The second-order valence-electron chi connectivity index (χ2n) is 8.75. The summed E-state index contributed by atoms with van der Waals surface area (Å²) < 4.78 is 13.1. The molecule has 1 unspecified atom stereocenters. The van der Waals surface area contributed by atoms with Gasteiger partial charge in [0.15, 0.2) is 4.80 Å². The summed E-state index contributed by atoms with van der Waals surface area (Å²) in [5.41, 5.74) is 1.65. The molecule has 2 aromatic heterocycles. The van der Waals surface area contributed by atoms with E-state index in [0.717, 1.165) is 10.5 Å². The average Bonchev–Trinajstić information content (AvgIpc) is 3.55. The van der Waals surface area contributed by atoms with E-state index in [2.05, 4.69) is 11.6 Å². The van der Waals surface area contributed by atoms with Crippen molar-refractivity contribution in [3.8, 4) is 11.3 Å². The van der Waals surface area contributed by atoms with Gasteiger partial charge in [-0.05, 0) is 43.0 Å². The Bertz CT molecular complexity index is 1850. The van der Waals surface area contributed by atoms with Gasteiger partial charge >= 0.3 is 5.97 Å². The highest BCUT2D eigenvalue weighted by atomic mass is 32.2. The zero-order valence-corrected chi connectivity index (χ0v) is 23.2. The highest BCUT2D eigenvalue weighted by Crippen LogP contribution is 2.32. The molecular weight excluding hydrogens is 550 g/mol. The maximum Gasteiger partial charge on any atom is 0.338 e. The number of fused-ring (bicyclic) bond motifs is 1. The number of aromatic nitrogens is 1. The van der Waals surface area contributed by atoms with Crippen LogP contribution in [0.1, 0.15) is 24.3 Å². The zero-order valence-electron chi connectivity index (χ0n) is 21.5. The lowest BCUT2D eigenvalue weighted by Gasteiger charge is -2.24. The molecule has 40 heavy (non-hydrogen) atoms. The number of thioether (sulfide) groups is 1. The van der Waals surface area contributed by atoms with Crippen LogP contribution in [0.25, 0.3) is 17.4 Å². The van der Waals surface area contributed by atoms with Crippen LogP contribution >= 0.6 is 23.1 Å². The number of furan rings is 1. The number of carbonyl (C=O) groups excluding carboxylic acids is 1. The van der Waals surface area contributed by atoms with Crippen LogP contribution in [0.15, 0.2) is 104 Å². The molecule has 1 aliphatic rings. The number of nitro groups is 1. The summed E-state index contributed by atoms with van der Waals surface area (Å²) in [6, 6.07) is 16.4. The molecular formula is C29H23N3O6S2. The van der Waals surface area contributed by atoms with E-state index in [1.165, 1.54) is 34.1 Å². The quantitative estimate of drug-likeness (QED) is 0.0972. The molecule has 0 saturated carbocycles. The molecule has 2 aromatic carbocycles. The predicted molar refractivity (Wildman–Crippen MR) is 154 cm³/mol. The van der Waals surface area contributed by atoms with Crippen molar-refractivity contribution in [2.24, 2.45) is 4.99 Å². The Morgan fingerprint density at radius 1 is 1.25 bits per heavy atom. The van der Waals surface area contributed by atoms with Crippen molar-refractivity contribution >= 4 is 40.8 Å². The first-order chi connectivity index (χ1) is 19.3. The number of ether oxygens (including phenoxy) is 1. The fourth-order valence-electron chi connectivity index (χ4n) is 4.38. The minimum Gasteiger partial charge on any atom is -0.458 e. The van der Waals surface area contributed by atoms with Gasteiger partial charge in [-0.25, -0.2) is 9.79 Å². The van der Waals surface area contributed by atoms with Gasteiger partial charge in [-0.1, -0.05) is 48.3 Å². The lowest BCUT2D eigenvalue weighted by atomic mass is 9.96. The number of esters is 1. The van der Waals surface area contributed by atoms with Crippen molar-refractivity contribution in [2.75, 3.05) is 12.9 Å². The van der Waals surface area contributed by atoms with Gasteiger partial charge in [0, 0.05) is 28.7 Å². The Balaban J connectivity index is 1.60. The molecule has 1 aliphatic heterocycles. The molecule has 0 bridgehead atoms. The minimum atomic E-state index is -0.733. The van der Waals surface area contributed by atoms with Crippen molar-refractivity contribution in [1.29, 1.82) is 0 Å². The Kier molecular flexibility index (Phi) is 7.67. The normalized spacial score (nSPS) is 14.9. The van der Waals surface area contributed by atoms with Gasteiger partial charge in [-0.2, -0.15) is 0 Å². The first-order valence-electron chi connectivity index (χ1n) is 12.1. The molecule has 0 fully saturated rings. The van der Waals surface area contributed by atoms with Crippen molar-refractivity contribution in [3.63, 3.8) is 0 Å². The van der Waals surface area contributed by atoms with Crippen molar-refractivity contribution in [3.05, 3.63) is 126 Å². The van der Waals surface area contributed by atoms with E-state index in [0.29, 0.717) is 32.1 Å². The Morgan fingerprint density at radius 2 is 2.02 bits per heavy atom. The van der Waals surface area contributed by atoms with Crippen LogP contribution in [-0.2, 0) is 9.53 Å². The monoisotopic (exact) mass is 573 g/mol. The van der Waals surface area contributed by atoms with E-state index in [1.807, 2.05) is 30.5 Å². The number of allylic oxidation sites excluding steroid dienone is 1. The SMILES string of the molecule is C=CCOC(=O)C1=C(C)N=c2sc(=Cc3ccc(-c4cccc([N+](=O)[O-])c4)o3)c(=O)n2C1c1ccc(SC)cc1. The van der Waals surface area contributed by atoms with Crippen molar-refractivity contribution in [1.82, 2.24) is 4.57 Å². The van der Waals surface area contributed by atoms with Crippen LogP contribution in [0.5, 0.6) is 0 Å². The number of nitrogens with zero attached hydrogens (tertiary/aromatic N) is 3. The van der Waals surface area contributed by atoms with Gasteiger partial charge in [0.1, 0.15) is 18.1 Å². The smallest absolute Gasteiger partial charge is 0.338 e. The Labute approximate surface area is 236 Å². The molecule has 0 spiro atoms. The van der Waals surface area contributed by atoms with Crippen LogP contribution in [0, 0.1) is 10.1 Å². The molecule has 0 aliphatic carbocycles. The van der Waals surface area contributed by atoms with E-state index in [9.17, 15) is 19.7 Å². The summed E-state index contributed by atoms with van der Waals surface area (Å²) in [6.45, 7) is 5.36. The van der Waals surface area contributed by atoms with E-state index in [1.54, 1.807) is 49.0 Å². The molecule has 0 radical (unpaired) electrons. The largest absolute Gasteiger partial charge is 0.458 e. The first-order valence-corrected chi connectivity index (χ1v) is 14.1. The molecule has 3 heterocycles. The number of hydrogen-bond donors (Lipinski definition) is 0. The fraction of sp³-hybridized carbons (Fsp3) is 0.138. The summed E-state index contributed by atoms with van der Waals surface area (Å²) in [5, 5.41) is 11.2. The molecule has 4 aromatic rings. The molecule has 11 heteroatoms. The van der Waals surface area contributed by atoms with Crippen molar-refractivity contribution in [2.45, 2.75) is 17.9 Å². The van der Waals surface area contributed by atoms with Gasteiger partial charge in [0.2, 0.25) is 0 Å². The molecule has 0 N–H and O–H groups in total. The second-order valence-corrected chi connectivity index (χ2v) is 10.6. The lowest BCUT2D eigenvalue weighted by Crippen LogP contribution is -2.39. The number of rotatable bonds is 8. The minimum absolute atomic E-state index is 0.0313. The van der Waals surface area contributed by atoms with Crippen LogP contribution in [0.4, 0.5) is 5.69 Å². The van der Waals surface area contributed by atoms with Gasteiger partial charge in [-0.15, -0.1) is 11.8 Å². The summed E-state index contributed by atoms with van der Waals surface area (Å²) in [4.78, 5) is 43.7. The fourth-order valence-corrected chi connectivity index (χ4v) is 5.82. The zero-order chi connectivity index (χ0) is 28.4. The summed E-state index contributed by atoms with van der Waals surface area (Å²) in [7, 11) is 0. The van der Waals surface area contributed by atoms with E-state index in [-0.39, 0.29) is 23.4 Å². The van der Waals surface area contributed by atoms with Gasteiger partial charge in [0.25, 0.3) is 11.2 Å². The summed E-state index contributed by atoms with van der Waals surface area (Å²) in [6.07, 6.45) is 5.06. The molecule has 9 nitrogen and oxygen atoms in total. The number of benzene rings is 2. The molecule has 202 valence electrons. The third-order valence-corrected chi connectivity index (χ3v) is 7.97. The third-order valence-electron chi connectivity index (χ3n) is 6.25. The highest BCUT2D eigenvalue weighted by molar-refractivity contribution is 7.98. The number of carbonyl (C=O) groups is 1. The van der Waals surface area contributed by atoms with E-state index in [4.69, 9.17) is 9.15 Å². The second kappa shape index (κ2) is 11.3. The standard InChI is InChI=1S/C29H23N3O6S2/c1-4-14-37-28(34)25-17(2)30-29-31(26(25)18-8-11-22(39-3)12-9-18)27(33)24(40-29)16-21-10-13-23(38-21)19-6-5-7-20(15-19)32(35)36/h4-13,15-16,26H,1,14H2,2-3H3. The molecule has 0 amide bonds. The van der Waals surface area contributed by atoms with Crippen LogP contribution in [0.2, 0.25) is 0 Å². The first kappa shape index (κ1) is 27.1. The maximum atomic E-state index is 13.8. The lowest BCUT2D eigenvalue weighted by molar-refractivity contribution is -0.384. The van der Waals surface area contributed by atoms with E-state index >= 15 is 0 Å². The maximum absolute atomic E-state index is 13.8. The molecule has 1 atom stereocenters. The third kappa shape index (κ3) is 5.21. The van der Waals surface area contributed by atoms with Crippen LogP contribution in [-0.4, -0.2) is 28.3 Å². The number of non-ortho nitro benzene ring substituents is 1. The number of thiazole rings is 1. The summed E-state index contributed by atoms with van der Waals surface area (Å²) >= 11 is 2.77. The van der Waals surface area contributed by atoms with Crippen molar-refractivity contribution < 1.29 is 18.9 Å².